The third-order valence-corrected chi connectivity index (χ3v) is 4.17. The van der Waals surface area contributed by atoms with E-state index in [2.05, 4.69) is 5.32 Å². The second-order valence-corrected chi connectivity index (χ2v) is 6.02. The molecule has 8 heteroatoms. The van der Waals surface area contributed by atoms with E-state index in [4.69, 9.17) is 14.2 Å². The van der Waals surface area contributed by atoms with Gasteiger partial charge in [-0.15, -0.1) is 0 Å². The highest BCUT2D eigenvalue weighted by Gasteiger charge is 2.23. The number of hydrogen-bond donors (Lipinski definition) is 1. The van der Waals surface area contributed by atoms with Crippen molar-refractivity contribution in [2.45, 2.75) is 27.7 Å². The number of amides is 3. The summed E-state index contributed by atoms with van der Waals surface area (Å²) in [6.45, 7) is 10.7. The van der Waals surface area contributed by atoms with Crippen LogP contribution in [0.1, 0.15) is 27.7 Å². The lowest BCUT2D eigenvalue weighted by Gasteiger charge is -2.34. The molecule has 1 aromatic carbocycles. The molecule has 1 saturated heterocycles. The first-order valence-corrected chi connectivity index (χ1v) is 9.37. The fourth-order valence-electron chi connectivity index (χ4n) is 2.89. The molecule has 0 aliphatic carbocycles. The van der Waals surface area contributed by atoms with Gasteiger partial charge in [-0.05, 0) is 20.8 Å². The van der Waals surface area contributed by atoms with Crippen molar-refractivity contribution in [2.24, 2.45) is 0 Å². The maximum absolute atomic E-state index is 12.6. The van der Waals surface area contributed by atoms with E-state index in [0.717, 1.165) is 0 Å². The van der Waals surface area contributed by atoms with Crippen molar-refractivity contribution >= 4 is 17.6 Å². The molecule has 0 radical (unpaired) electrons. The minimum atomic E-state index is -0.216. The number of benzene rings is 1. The molecule has 1 N–H and O–H groups in total. The summed E-state index contributed by atoms with van der Waals surface area (Å²) in [6.07, 6.45) is 0. The van der Waals surface area contributed by atoms with Crippen molar-refractivity contribution in [1.82, 2.24) is 9.80 Å². The third-order valence-electron chi connectivity index (χ3n) is 4.17. The van der Waals surface area contributed by atoms with Gasteiger partial charge in [-0.3, -0.25) is 4.79 Å². The number of piperazine rings is 1. The van der Waals surface area contributed by atoms with Crippen molar-refractivity contribution in [3.05, 3.63) is 12.1 Å². The summed E-state index contributed by atoms with van der Waals surface area (Å²) in [5.41, 5.74) is 0.573. The number of anilines is 1. The fraction of sp³-hybridized carbons (Fsp3) is 0.579. The number of rotatable bonds is 7. The Hall–Kier alpha value is -2.64. The summed E-state index contributed by atoms with van der Waals surface area (Å²) in [6, 6.07) is 3.26. The first-order chi connectivity index (χ1) is 13.0. The molecule has 1 aromatic rings. The maximum atomic E-state index is 12.6. The van der Waals surface area contributed by atoms with Crippen molar-refractivity contribution < 1.29 is 23.8 Å². The average molecular weight is 379 g/mol. The lowest BCUT2D eigenvalue weighted by atomic mass is 10.2. The number of urea groups is 1. The number of carbonyl (C=O) groups is 2. The lowest BCUT2D eigenvalue weighted by molar-refractivity contribution is -0.130. The molecular formula is C19H29N3O5. The molecule has 0 atom stereocenters. The Morgan fingerprint density at radius 1 is 0.889 bits per heavy atom. The second kappa shape index (κ2) is 9.89. The van der Waals surface area contributed by atoms with E-state index in [-0.39, 0.29) is 11.9 Å². The third kappa shape index (κ3) is 5.42. The fourth-order valence-corrected chi connectivity index (χ4v) is 2.89. The molecule has 150 valence electrons. The zero-order valence-corrected chi connectivity index (χ0v) is 16.5. The van der Waals surface area contributed by atoms with Crippen molar-refractivity contribution in [1.29, 1.82) is 0 Å². The maximum Gasteiger partial charge on any atom is 0.321 e. The Balaban J connectivity index is 2.15. The molecular weight excluding hydrogens is 350 g/mol. The quantitative estimate of drug-likeness (QED) is 0.788. The second-order valence-electron chi connectivity index (χ2n) is 6.02. The SMILES string of the molecule is CCOc1cc(NC(=O)N2CCN(C(C)=O)CC2)cc(OCC)c1OCC. The Kier molecular flexibility index (Phi) is 7.57. The van der Waals surface area contributed by atoms with E-state index in [1.54, 1.807) is 28.9 Å². The number of carbonyl (C=O) groups excluding carboxylic acids is 2. The Labute approximate surface area is 160 Å². The topological polar surface area (TPSA) is 80.3 Å². The van der Waals surface area contributed by atoms with Crippen LogP contribution in [0.25, 0.3) is 0 Å². The Morgan fingerprint density at radius 3 is 1.81 bits per heavy atom. The van der Waals surface area contributed by atoms with E-state index in [1.807, 2.05) is 20.8 Å². The number of nitrogens with zero attached hydrogens (tertiary/aromatic N) is 2. The molecule has 1 fully saturated rings. The first-order valence-electron chi connectivity index (χ1n) is 9.37. The number of hydrogen-bond acceptors (Lipinski definition) is 5. The zero-order chi connectivity index (χ0) is 19.8. The molecule has 2 rings (SSSR count). The Morgan fingerprint density at radius 2 is 1.37 bits per heavy atom. The molecule has 0 unspecified atom stereocenters. The zero-order valence-electron chi connectivity index (χ0n) is 16.5. The van der Waals surface area contributed by atoms with Gasteiger partial charge in [-0.1, -0.05) is 0 Å². The molecule has 1 aliphatic rings. The van der Waals surface area contributed by atoms with Crippen molar-refractivity contribution in [3.63, 3.8) is 0 Å². The van der Waals surface area contributed by atoms with E-state index < -0.39 is 0 Å². The summed E-state index contributed by atoms with van der Waals surface area (Å²) in [5, 5.41) is 2.89. The van der Waals surface area contributed by atoms with Gasteiger partial charge in [0, 0.05) is 45.2 Å². The van der Waals surface area contributed by atoms with E-state index in [0.29, 0.717) is 68.9 Å². The monoisotopic (exact) mass is 379 g/mol. The van der Waals surface area contributed by atoms with Crippen LogP contribution in [0.5, 0.6) is 17.2 Å². The van der Waals surface area contributed by atoms with Gasteiger partial charge in [0.2, 0.25) is 11.7 Å². The van der Waals surface area contributed by atoms with Gasteiger partial charge in [-0.2, -0.15) is 0 Å². The van der Waals surface area contributed by atoms with Crippen LogP contribution in [-0.4, -0.2) is 67.7 Å². The number of nitrogens with one attached hydrogen (secondary N) is 1. The Bertz CT molecular complexity index is 630. The molecule has 0 aromatic heterocycles. The van der Waals surface area contributed by atoms with Gasteiger partial charge >= 0.3 is 6.03 Å². The van der Waals surface area contributed by atoms with E-state index >= 15 is 0 Å². The molecule has 8 nitrogen and oxygen atoms in total. The summed E-state index contributed by atoms with van der Waals surface area (Å²) in [7, 11) is 0. The van der Waals surface area contributed by atoms with Crippen LogP contribution in [0, 0.1) is 0 Å². The standard InChI is InChI=1S/C19H29N3O5/c1-5-25-16-12-15(13-17(26-6-2)18(16)27-7-3)20-19(24)22-10-8-21(9-11-22)14(4)23/h12-13H,5-11H2,1-4H3,(H,20,24). The molecule has 1 heterocycles. The van der Waals surface area contributed by atoms with Crippen LogP contribution in [0.4, 0.5) is 10.5 Å². The smallest absolute Gasteiger partial charge is 0.321 e. The average Bonchev–Trinajstić information content (AvgIpc) is 2.65. The summed E-state index contributed by atoms with van der Waals surface area (Å²) in [5.74, 6) is 1.63. The minimum Gasteiger partial charge on any atom is -0.490 e. The molecule has 27 heavy (non-hydrogen) atoms. The van der Waals surface area contributed by atoms with E-state index in [1.165, 1.54) is 0 Å². The van der Waals surface area contributed by atoms with E-state index in [9.17, 15) is 9.59 Å². The van der Waals surface area contributed by atoms with Gasteiger partial charge in [0.15, 0.2) is 11.5 Å². The van der Waals surface area contributed by atoms with Crippen LogP contribution in [0.3, 0.4) is 0 Å². The normalized spacial score (nSPS) is 13.9. The largest absolute Gasteiger partial charge is 0.490 e. The van der Waals surface area contributed by atoms with Crippen molar-refractivity contribution in [2.75, 3.05) is 51.3 Å². The summed E-state index contributed by atoms with van der Waals surface area (Å²) >= 11 is 0. The van der Waals surface area contributed by atoms with Gasteiger partial charge in [0.05, 0.1) is 25.5 Å². The minimum absolute atomic E-state index is 0.0317. The molecule has 0 spiro atoms. The van der Waals surface area contributed by atoms with Gasteiger partial charge in [0.25, 0.3) is 0 Å². The summed E-state index contributed by atoms with van der Waals surface area (Å²) < 4.78 is 17.0. The van der Waals surface area contributed by atoms with Gasteiger partial charge in [0.1, 0.15) is 0 Å². The molecule has 3 amide bonds. The van der Waals surface area contributed by atoms with Crippen LogP contribution in [-0.2, 0) is 4.79 Å². The van der Waals surface area contributed by atoms with Gasteiger partial charge in [-0.25, -0.2) is 4.79 Å². The number of ether oxygens (including phenoxy) is 3. The van der Waals surface area contributed by atoms with Crippen LogP contribution >= 0.6 is 0 Å². The highest BCUT2D eigenvalue weighted by atomic mass is 16.5. The highest BCUT2D eigenvalue weighted by Crippen LogP contribution is 2.40. The highest BCUT2D eigenvalue weighted by molar-refractivity contribution is 5.90. The van der Waals surface area contributed by atoms with Gasteiger partial charge < -0.3 is 29.3 Å². The lowest BCUT2D eigenvalue weighted by Crippen LogP contribution is -2.51. The van der Waals surface area contributed by atoms with Crippen LogP contribution < -0.4 is 19.5 Å². The van der Waals surface area contributed by atoms with Crippen LogP contribution in [0.2, 0.25) is 0 Å². The van der Waals surface area contributed by atoms with Crippen molar-refractivity contribution in [3.8, 4) is 17.2 Å². The predicted molar refractivity (Wildman–Crippen MR) is 103 cm³/mol. The predicted octanol–water partition coefficient (Wildman–Crippen LogP) is 2.58. The van der Waals surface area contributed by atoms with Crippen LogP contribution in [0.15, 0.2) is 12.1 Å². The first kappa shape index (κ1) is 20.7. The molecule has 1 aliphatic heterocycles. The molecule has 0 saturated carbocycles. The summed E-state index contributed by atoms with van der Waals surface area (Å²) in [4.78, 5) is 27.4. The molecule has 0 bridgehead atoms.